The molecule has 9 heteroatoms. The molecule has 132 valence electrons. The minimum absolute atomic E-state index is 0.215. The van der Waals surface area contributed by atoms with Crippen LogP contribution in [0.1, 0.15) is 5.56 Å². The minimum atomic E-state index is -0.215. The summed E-state index contributed by atoms with van der Waals surface area (Å²) in [6.45, 7) is 0.501. The Morgan fingerprint density at radius 3 is 2.73 bits per heavy atom. The maximum absolute atomic E-state index is 12.7. The van der Waals surface area contributed by atoms with Gasteiger partial charge in [0, 0.05) is 12.7 Å². The molecule has 0 aliphatic heterocycles. The molecule has 0 unspecified atom stereocenters. The van der Waals surface area contributed by atoms with E-state index in [1.165, 1.54) is 10.8 Å². The van der Waals surface area contributed by atoms with Crippen molar-refractivity contribution < 1.29 is 9.47 Å². The highest BCUT2D eigenvalue weighted by Crippen LogP contribution is 2.27. The van der Waals surface area contributed by atoms with Crippen molar-refractivity contribution in [2.24, 2.45) is 0 Å². The molecule has 4 aromatic rings. The molecular weight excluding hydrogens is 336 g/mol. The van der Waals surface area contributed by atoms with Crippen LogP contribution in [0.5, 0.6) is 11.5 Å². The number of aryl methyl sites for hydroxylation is 2. The molecule has 4 rings (SSSR count). The van der Waals surface area contributed by atoms with E-state index in [0.29, 0.717) is 35.8 Å². The summed E-state index contributed by atoms with van der Waals surface area (Å²) < 4.78 is 13.7. The predicted molar refractivity (Wildman–Crippen MR) is 93.6 cm³/mol. The zero-order chi connectivity index (χ0) is 18.1. The molecular formula is C17H16N6O3. The first kappa shape index (κ1) is 16.0. The van der Waals surface area contributed by atoms with E-state index >= 15 is 0 Å². The summed E-state index contributed by atoms with van der Waals surface area (Å²) in [5, 5.41) is 12.0. The van der Waals surface area contributed by atoms with Crippen LogP contribution >= 0.6 is 0 Å². The van der Waals surface area contributed by atoms with Crippen molar-refractivity contribution >= 4 is 16.8 Å². The maximum Gasteiger partial charge on any atom is 0.280 e. The second-order valence-corrected chi connectivity index (χ2v) is 5.66. The SMILES string of the molecule is COc1ccc(CCn2ccc3c(nnc4ncnn43)c2=O)cc1OC. The summed E-state index contributed by atoms with van der Waals surface area (Å²) in [5.41, 5.74) is 1.66. The maximum atomic E-state index is 12.7. The standard InChI is InChI=1S/C17H16N6O3/c1-25-13-4-3-11(9-14(13)26-2)5-7-22-8-6-12-15(16(22)24)20-21-17-18-10-19-23(12)17/h3-4,6,8-10H,5,7H2,1-2H3. The van der Waals surface area contributed by atoms with Gasteiger partial charge in [-0.25, -0.2) is 0 Å². The molecule has 0 amide bonds. The van der Waals surface area contributed by atoms with Crippen LogP contribution in [-0.4, -0.2) is 43.6 Å². The molecule has 0 saturated carbocycles. The Hall–Kier alpha value is -3.49. The monoisotopic (exact) mass is 352 g/mol. The highest BCUT2D eigenvalue weighted by molar-refractivity contribution is 5.74. The van der Waals surface area contributed by atoms with Gasteiger partial charge in [0.2, 0.25) is 0 Å². The van der Waals surface area contributed by atoms with E-state index in [-0.39, 0.29) is 11.1 Å². The van der Waals surface area contributed by atoms with Gasteiger partial charge in [0.1, 0.15) is 11.8 Å². The van der Waals surface area contributed by atoms with Crippen molar-refractivity contribution in [1.29, 1.82) is 0 Å². The lowest BCUT2D eigenvalue weighted by atomic mass is 10.1. The van der Waals surface area contributed by atoms with Crippen LogP contribution in [0.3, 0.4) is 0 Å². The van der Waals surface area contributed by atoms with E-state index < -0.39 is 0 Å². The number of hydrogen-bond acceptors (Lipinski definition) is 7. The van der Waals surface area contributed by atoms with Crippen molar-refractivity contribution in [2.45, 2.75) is 13.0 Å². The Morgan fingerprint density at radius 2 is 1.92 bits per heavy atom. The van der Waals surface area contributed by atoms with E-state index in [1.54, 1.807) is 31.0 Å². The van der Waals surface area contributed by atoms with Gasteiger partial charge < -0.3 is 14.0 Å². The second kappa shape index (κ2) is 6.43. The third kappa shape index (κ3) is 2.63. The molecule has 0 atom stereocenters. The summed E-state index contributed by atoms with van der Waals surface area (Å²) in [6, 6.07) is 7.50. The van der Waals surface area contributed by atoms with Gasteiger partial charge in [-0.05, 0) is 30.2 Å². The largest absolute Gasteiger partial charge is 0.493 e. The topological polar surface area (TPSA) is 96.4 Å². The molecule has 0 fully saturated rings. The third-order valence-corrected chi connectivity index (χ3v) is 4.21. The van der Waals surface area contributed by atoms with E-state index in [0.717, 1.165) is 5.56 Å². The number of rotatable bonds is 5. The van der Waals surface area contributed by atoms with Crippen molar-refractivity contribution in [2.75, 3.05) is 14.2 Å². The summed E-state index contributed by atoms with van der Waals surface area (Å²) in [7, 11) is 3.19. The summed E-state index contributed by atoms with van der Waals surface area (Å²) in [6.07, 6.45) is 3.77. The van der Waals surface area contributed by atoms with E-state index in [2.05, 4.69) is 20.3 Å². The first-order chi connectivity index (χ1) is 12.7. The van der Waals surface area contributed by atoms with Gasteiger partial charge in [0.05, 0.1) is 14.2 Å². The average Bonchev–Trinajstić information content (AvgIpc) is 3.16. The van der Waals surface area contributed by atoms with Gasteiger partial charge in [-0.15, -0.1) is 10.2 Å². The van der Waals surface area contributed by atoms with Crippen LogP contribution in [-0.2, 0) is 13.0 Å². The van der Waals surface area contributed by atoms with E-state index in [9.17, 15) is 4.79 Å². The lowest BCUT2D eigenvalue weighted by Gasteiger charge is -2.10. The molecule has 0 aliphatic carbocycles. The van der Waals surface area contributed by atoms with Gasteiger partial charge >= 0.3 is 0 Å². The van der Waals surface area contributed by atoms with E-state index in [4.69, 9.17) is 9.47 Å². The van der Waals surface area contributed by atoms with Crippen molar-refractivity contribution in [3.8, 4) is 11.5 Å². The summed E-state index contributed by atoms with van der Waals surface area (Å²) >= 11 is 0. The van der Waals surface area contributed by atoms with Crippen molar-refractivity contribution in [1.82, 2.24) is 29.4 Å². The Bertz CT molecular complexity index is 1150. The van der Waals surface area contributed by atoms with Crippen LogP contribution in [0.15, 0.2) is 41.6 Å². The predicted octanol–water partition coefficient (Wildman–Crippen LogP) is 1.09. The van der Waals surface area contributed by atoms with Crippen LogP contribution in [0.2, 0.25) is 0 Å². The Kier molecular flexibility index (Phi) is 3.96. The van der Waals surface area contributed by atoms with Gasteiger partial charge in [-0.3, -0.25) is 4.79 Å². The fourth-order valence-corrected chi connectivity index (χ4v) is 2.85. The van der Waals surface area contributed by atoms with Gasteiger partial charge in [0.15, 0.2) is 17.0 Å². The third-order valence-electron chi connectivity index (χ3n) is 4.21. The Labute approximate surface area is 147 Å². The molecule has 26 heavy (non-hydrogen) atoms. The molecule has 0 aliphatic rings. The summed E-state index contributed by atoms with van der Waals surface area (Å²) in [4.78, 5) is 16.7. The van der Waals surface area contributed by atoms with Crippen LogP contribution in [0, 0.1) is 0 Å². The fraction of sp³-hybridized carbons (Fsp3) is 0.235. The molecule has 3 heterocycles. The van der Waals surface area contributed by atoms with Crippen LogP contribution < -0.4 is 15.0 Å². The van der Waals surface area contributed by atoms with Crippen molar-refractivity contribution in [3.05, 3.63) is 52.7 Å². The minimum Gasteiger partial charge on any atom is -0.493 e. The average molecular weight is 352 g/mol. The van der Waals surface area contributed by atoms with Crippen LogP contribution in [0.4, 0.5) is 0 Å². The molecule has 1 aromatic carbocycles. The van der Waals surface area contributed by atoms with Crippen molar-refractivity contribution in [3.63, 3.8) is 0 Å². The molecule has 9 nitrogen and oxygen atoms in total. The lowest BCUT2D eigenvalue weighted by Crippen LogP contribution is -2.22. The first-order valence-corrected chi connectivity index (χ1v) is 7.97. The molecule has 0 N–H and O–H groups in total. The quantitative estimate of drug-likeness (QED) is 0.530. The smallest absolute Gasteiger partial charge is 0.280 e. The highest BCUT2D eigenvalue weighted by Gasteiger charge is 2.11. The summed E-state index contributed by atoms with van der Waals surface area (Å²) in [5.74, 6) is 1.70. The van der Waals surface area contributed by atoms with Gasteiger partial charge in [-0.2, -0.15) is 14.6 Å². The number of hydrogen-bond donors (Lipinski definition) is 0. The first-order valence-electron chi connectivity index (χ1n) is 7.97. The van der Waals surface area contributed by atoms with E-state index in [1.807, 2.05) is 18.2 Å². The molecule has 0 saturated heterocycles. The van der Waals surface area contributed by atoms with Crippen LogP contribution in [0.25, 0.3) is 16.8 Å². The number of nitrogens with zero attached hydrogens (tertiary/aromatic N) is 6. The van der Waals surface area contributed by atoms with Gasteiger partial charge in [0.25, 0.3) is 11.3 Å². The Morgan fingerprint density at radius 1 is 1.08 bits per heavy atom. The normalized spacial score (nSPS) is 11.2. The second-order valence-electron chi connectivity index (χ2n) is 5.66. The number of ether oxygens (including phenoxy) is 2. The fourth-order valence-electron chi connectivity index (χ4n) is 2.85. The number of pyridine rings is 1. The zero-order valence-electron chi connectivity index (χ0n) is 14.3. The number of benzene rings is 1. The highest BCUT2D eigenvalue weighted by atomic mass is 16.5. The molecule has 0 radical (unpaired) electrons. The number of fused-ring (bicyclic) bond motifs is 3. The number of aromatic nitrogens is 6. The molecule has 0 bridgehead atoms. The molecule has 3 aromatic heterocycles. The zero-order valence-corrected chi connectivity index (χ0v) is 14.3. The lowest BCUT2D eigenvalue weighted by molar-refractivity contribution is 0.354. The Balaban J connectivity index is 1.64. The van der Waals surface area contributed by atoms with Gasteiger partial charge in [-0.1, -0.05) is 6.07 Å². The molecule has 0 spiro atoms. The number of methoxy groups -OCH3 is 2.